The van der Waals surface area contributed by atoms with E-state index in [1.165, 1.54) is 63.5 Å². The van der Waals surface area contributed by atoms with E-state index in [1.807, 2.05) is 0 Å². The molecule has 1 rings (SSSR count). The lowest BCUT2D eigenvalue weighted by Gasteiger charge is -2.31. The zero-order valence-corrected chi connectivity index (χ0v) is 14.5. The van der Waals surface area contributed by atoms with Gasteiger partial charge in [-0.25, -0.2) is 0 Å². The summed E-state index contributed by atoms with van der Waals surface area (Å²) in [7, 11) is 0. The molecule has 0 saturated heterocycles. The van der Waals surface area contributed by atoms with E-state index in [0.717, 1.165) is 11.2 Å². The minimum absolute atomic E-state index is 0.897. The van der Waals surface area contributed by atoms with Crippen LogP contribution in [0.2, 0.25) is 0 Å². The third-order valence-corrected chi connectivity index (χ3v) is 6.10. The second-order valence-electron chi connectivity index (χ2n) is 6.50. The van der Waals surface area contributed by atoms with E-state index in [9.17, 15) is 0 Å². The van der Waals surface area contributed by atoms with Gasteiger partial charge < -0.3 is 0 Å². The van der Waals surface area contributed by atoms with E-state index in [2.05, 4.69) is 39.5 Å². The van der Waals surface area contributed by atoms with E-state index in [1.54, 1.807) is 11.1 Å². The predicted molar refractivity (Wildman–Crippen MR) is 91.0 cm³/mol. The molecule has 1 aliphatic rings. The van der Waals surface area contributed by atoms with Crippen molar-refractivity contribution in [2.45, 2.75) is 90.7 Å². The van der Waals surface area contributed by atoms with Crippen LogP contribution in [0.4, 0.5) is 0 Å². The van der Waals surface area contributed by atoms with Crippen LogP contribution in [0, 0.1) is 5.92 Å². The standard InChI is InChI=1S/C18H34S/c1-5-6-7-8-9-10-13-19-18-14-17(15(2)3)12-11-16(18)4/h16,18H,5-14H2,1-4H3. The Morgan fingerprint density at radius 2 is 1.79 bits per heavy atom. The van der Waals surface area contributed by atoms with Gasteiger partial charge in [-0.1, -0.05) is 57.1 Å². The summed E-state index contributed by atoms with van der Waals surface area (Å²) in [4.78, 5) is 0. The van der Waals surface area contributed by atoms with Gasteiger partial charge in [0.2, 0.25) is 0 Å². The van der Waals surface area contributed by atoms with Crippen molar-refractivity contribution in [3.63, 3.8) is 0 Å². The fourth-order valence-electron chi connectivity index (χ4n) is 2.93. The summed E-state index contributed by atoms with van der Waals surface area (Å²) in [5.41, 5.74) is 3.33. The van der Waals surface area contributed by atoms with Gasteiger partial charge in [-0.3, -0.25) is 0 Å². The molecule has 2 atom stereocenters. The van der Waals surface area contributed by atoms with E-state index in [0.29, 0.717) is 0 Å². The summed E-state index contributed by atoms with van der Waals surface area (Å²) in [6, 6.07) is 0. The van der Waals surface area contributed by atoms with Crippen molar-refractivity contribution < 1.29 is 0 Å². The maximum atomic E-state index is 2.46. The van der Waals surface area contributed by atoms with Crippen LogP contribution in [0.25, 0.3) is 0 Å². The monoisotopic (exact) mass is 282 g/mol. The molecule has 0 bridgehead atoms. The number of unbranched alkanes of at least 4 members (excludes halogenated alkanes) is 5. The van der Waals surface area contributed by atoms with Gasteiger partial charge in [-0.05, 0) is 51.2 Å². The van der Waals surface area contributed by atoms with Gasteiger partial charge >= 0.3 is 0 Å². The van der Waals surface area contributed by atoms with E-state index in [-0.39, 0.29) is 0 Å². The van der Waals surface area contributed by atoms with Crippen LogP contribution >= 0.6 is 11.8 Å². The molecule has 0 aromatic rings. The Morgan fingerprint density at radius 1 is 1.11 bits per heavy atom. The lowest BCUT2D eigenvalue weighted by atomic mass is 9.85. The summed E-state index contributed by atoms with van der Waals surface area (Å²) in [5, 5.41) is 0.897. The van der Waals surface area contributed by atoms with Gasteiger partial charge in [0, 0.05) is 5.25 Å². The fourth-order valence-corrected chi connectivity index (χ4v) is 4.39. The number of thioether (sulfide) groups is 1. The van der Waals surface area contributed by atoms with Crippen LogP contribution in [0.3, 0.4) is 0 Å². The molecule has 0 heterocycles. The predicted octanol–water partition coefficient (Wildman–Crippen LogP) is 6.61. The normalized spacial score (nSPS) is 23.7. The first-order valence-corrected chi connectivity index (χ1v) is 9.46. The molecule has 112 valence electrons. The zero-order chi connectivity index (χ0) is 14.1. The highest BCUT2D eigenvalue weighted by molar-refractivity contribution is 7.99. The number of allylic oxidation sites excluding steroid dienone is 2. The zero-order valence-electron chi connectivity index (χ0n) is 13.6. The molecule has 0 spiro atoms. The molecule has 19 heavy (non-hydrogen) atoms. The van der Waals surface area contributed by atoms with Crippen molar-refractivity contribution in [3.8, 4) is 0 Å². The average molecular weight is 283 g/mol. The summed E-state index contributed by atoms with van der Waals surface area (Å²) in [6.07, 6.45) is 12.7. The molecule has 1 saturated carbocycles. The third-order valence-electron chi connectivity index (χ3n) is 4.52. The largest absolute Gasteiger partial charge is 0.158 e. The Kier molecular flexibility index (Phi) is 8.94. The summed E-state index contributed by atoms with van der Waals surface area (Å²) in [5.74, 6) is 2.31. The SMILES string of the molecule is CCCCCCCCSC1CC(=C(C)C)CCC1C. The van der Waals surface area contributed by atoms with Crippen LogP contribution in [0.15, 0.2) is 11.1 Å². The molecule has 1 aliphatic carbocycles. The van der Waals surface area contributed by atoms with Gasteiger partial charge in [0.25, 0.3) is 0 Å². The average Bonchev–Trinajstić information content (AvgIpc) is 2.39. The van der Waals surface area contributed by atoms with E-state index < -0.39 is 0 Å². The van der Waals surface area contributed by atoms with Gasteiger partial charge in [0.15, 0.2) is 0 Å². The maximum Gasteiger partial charge on any atom is 0.0110 e. The third kappa shape index (κ3) is 6.88. The van der Waals surface area contributed by atoms with Crippen LogP contribution in [0.1, 0.15) is 85.5 Å². The van der Waals surface area contributed by atoms with Crippen LogP contribution in [0.5, 0.6) is 0 Å². The Morgan fingerprint density at radius 3 is 2.47 bits per heavy atom. The van der Waals surface area contributed by atoms with Gasteiger partial charge in [-0.2, -0.15) is 11.8 Å². The van der Waals surface area contributed by atoms with Crippen LogP contribution in [-0.4, -0.2) is 11.0 Å². The van der Waals surface area contributed by atoms with Crippen LogP contribution < -0.4 is 0 Å². The van der Waals surface area contributed by atoms with Crippen molar-refractivity contribution in [2.24, 2.45) is 5.92 Å². The van der Waals surface area contributed by atoms with Crippen molar-refractivity contribution in [3.05, 3.63) is 11.1 Å². The first-order valence-electron chi connectivity index (χ1n) is 8.42. The molecule has 0 nitrogen and oxygen atoms in total. The molecule has 0 radical (unpaired) electrons. The van der Waals surface area contributed by atoms with Crippen molar-refractivity contribution in [1.82, 2.24) is 0 Å². The Labute approximate surface area is 125 Å². The van der Waals surface area contributed by atoms with Gasteiger partial charge in [-0.15, -0.1) is 0 Å². The topological polar surface area (TPSA) is 0 Å². The lowest BCUT2D eigenvalue weighted by molar-refractivity contribution is 0.454. The molecular weight excluding hydrogens is 248 g/mol. The lowest BCUT2D eigenvalue weighted by Crippen LogP contribution is -2.21. The van der Waals surface area contributed by atoms with Crippen LogP contribution in [-0.2, 0) is 0 Å². The van der Waals surface area contributed by atoms with Crippen molar-refractivity contribution in [1.29, 1.82) is 0 Å². The Balaban J connectivity index is 2.15. The highest BCUT2D eigenvalue weighted by atomic mass is 32.2. The summed E-state index contributed by atoms with van der Waals surface area (Å²) in [6.45, 7) is 9.34. The molecule has 0 amide bonds. The molecule has 0 aromatic heterocycles. The number of hydrogen-bond donors (Lipinski definition) is 0. The van der Waals surface area contributed by atoms with E-state index in [4.69, 9.17) is 0 Å². The Bertz CT molecular complexity index is 263. The van der Waals surface area contributed by atoms with E-state index >= 15 is 0 Å². The molecule has 0 aromatic carbocycles. The van der Waals surface area contributed by atoms with Gasteiger partial charge in [0.05, 0.1) is 0 Å². The second-order valence-corrected chi connectivity index (χ2v) is 7.85. The summed E-state index contributed by atoms with van der Waals surface area (Å²) < 4.78 is 0. The highest BCUT2D eigenvalue weighted by Crippen LogP contribution is 2.37. The smallest absolute Gasteiger partial charge is 0.0110 e. The second kappa shape index (κ2) is 9.91. The molecule has 0 N–H and O–H groups in total. The Hall–Kier alpha value is 0.0900. The minimum Gasteiger partial charge on any atom is -0.158 e. The number of hydrogen-bond acceptors (Lipinski definition) is 1. The first kappa shape index (κ1) is 17.1. The van der Waals surface area contributed by atoms with Gasteiger partial charge in [0.1, 0.15) is 0 Å². The molecule has 2 unspecified atom stereocenters. The number of rotatable bonds is 8. The molecule has 1 fully saturated rings. The van der Waals surface area contributed by atoms with Crippen molar-refractivity contribution >= 4 is 11.8 Å². The first-order chi connectivity index (χ1) is 9.15. The molecule has 0 aliphatic heterocycles. The molecular formula is C18H34S. The highest BCUT2D eigenvalue weighted by Gasteiger charge is 2.24. The van der Waals surface area contributed by atoms with Crippen molar-refractivity contribution in [2.75, 3.05) is 5.75 Å². The fraction of sp³-hybridized carbons (Fsp3) is 0.889. The summed E-state index contributed by atoms with van der Waals surface area (Å²) >= 11 is 2.26. The molecule has 1 heteroatoms. The minimum atomic E-state index is 0.897. The quantitative estimate of drug-likeness (QED) is 0.357. The maximum absolute atomic E-state index is 2.46.